The molecule has 1 heterocycles. The maximum absolute atomic E-state index is 11.3. The van der Waals surface area contributed by atoms with Crippen LogP contribution in [0.2, 0.25) is 10.0 Å². The summed E-state index contributed by atoms with van der Waals surface area (Å²) in [5, 5.41) is 1.98. The highest BCUT2D eigenvalue weighted by Gasteiger charge is 2.08. The van der Waals surface area contributed by atoms with Crippen molar-refractivity contribution in [2.24, 2.45) is 0 Å². The van der Waals surface area contributed by atoms with Crippen LogP contribution in [0.1, 0.15) is 23.4 Å². The first-order valence-electron chi connectivity index (χ1n) is 7.51. The summed E-state index contributed by atoms with van der Waals surface area (Å²) in [6.07, 6.45) is 2.01. The van der Waals surface area contributed by atoms with Crippen molar-refractivity contribution in [3.8, 4) is 0 Å². The lowest BCUT2D eigenvalue weighted by atomic mass is 10.1. The predicted octanol–water partition coefficient (Wildman–Crippen LogP) is 4.58. The molecule has 0 spiro atoms. The summed E-state index contributed by atoms with van der Waals surface area (Å²) in [5.74, 6) is 0. The van der Waals surface area contributed by atoms with Crippen LogP contribution in [0.25, 0.3) is 0 Å². The van der Waals surface area contributed by atoms with Crippen molar-refractivity contribution < 1.29 is 8.42 Å². The van der Waals surface area contributed by atoms with Crippen LogP contribution < -0.4 is 4.72 Å². The Bertz CT molecular complexity index is 873. The van der Waals surface area contributed by atoms with E-state index in [9.17, 15) is 8.42 Å². The Labute approximate surface area is 171 Å². The molecule has 2 aromatic rings. The number of sulfonamides is 1. The van der Waals surface area contributed by atoms with Gasteiger partial charge in [0, 0.05) is 33.3 Å². The van der Waals surface area contributed by atoms with Gasteiger partial charge in [0.1, 0.15) is 0 Å². The maximum Gasteiger partial charge on any atom is 0.233 e. The van der Waals surface area contributed by atoms with Crippen molar-refractivity contribution in [1.82, 2.24) is 9.71 Å². The van der Waals surface area contributed by atoms with Gasteiger partial charge in [-0.2, -0.15) is 0 Å². The lowest BCUT2D eigenvalue weighted by molar-refractivity contribution is 0.588. The van der Waals surface area contributed by atoms with Gasteiger partial charge in [-0.1, -0.05) is 35.8 Å². The van der Waals surface area contributed by atoms with Gasteiger partial charge in [-0.25, -0.2) is 13.1 Å². The molecule has 0 amide bonds. The maximum atomic E-state index is 11.3. The molecule has 134 valence electrons. The van der Waals surface area contributed by atoms with E-state index in [1.54, 1.807) is 0 Å². The second-order valence-electron chi connectivity index (χ2n) is 5.36. The Morgan fingerprint density at radius 3 is 2.60 bits per heavy atom. The van der Waals surface area contributed by atoms with E-state index in [4.69, 9.17) is 23.2 Å². The molecule has 8 heteroatoms. The lowest BCUT2D eigenvalue weighted by Crippen LogP contribution is -2.22. The summed E-state index contributed by atoms with van der Waals surface area (Å²) in [5.41, 5.74) is 2.92. The molecule has 1 aromatic heterocycles. The third-order valence-corrected chi connectivity index (χ3v) is 6.23. The van der Waals surface area contributed by atoms with E-state index >= 15 is 0 Å². The zero-order chi connectivity index (χ0) is 18.4. The molecular formula is C17H17Cl2IN2O2S. The van der Waals surface area contributed by atoms with Crippen molar-refractivity contribution in [3.63, 3.8) is 0 Å². The highest BCUT2D eigenvalue weighted by atomic mass is 127. The van der Waals surface area contributed by atoms with Crippen molar-refractivity contribution in [2.75, 3.05) is 6.54 Å². The first-order chi connectivity index (χ1) is 11.8. The number of aromatic nitrogens is 1. The fourth-order valence-corrected chi connectivity index (χ4v) is 3.94. The molecule has 0 fully saturated rings. The number of aryl methyl sites for hydroxylation is 1. The van der Waals surface area contributed by atoms with Crippen molar-refractivity contribution >= 4 is 55.8 Å². The van der Waals surface area contributed by atoms with Crippen LogP contribution in [0, 0.1) is 3.57 Å². The third-order valence-electron chi connectivity index (χ3n) is 3.46. The number of benzene rings is 1. The largest absolute Gasteiger partial charge is 0.258 e. The smallest absolute Gasteiger partial charge is 0.233 e. The van der Waals surface area contributed by atoms with Gasteiger partial charge in [-0.3, -0.25) is 4.98 Å². The molecule has 0 aliphatic heterocycles. The molecule has 4 nitrogen and oxygen atoms in total. The van der Waals surface area contributed by atoms with Crippen LogP contribution in [0.4, 0.5) is 0 Å². The molecule has 0 bridgehead atoms. The van der Waals surface area contributed by atoms with E-state index < -0.39 is 10.0 Å². The van der Waals surface area contributed by atoms with Crippen LogP contribution in [0.3, 0.4) is 0 Å². The molecule has 1 aromatic carbocycles. The Kier molecular flexibility index (Phi) is 7.69. The quantitative estimate of drug-likeness (QED) is 0.321. The number of pyridine rings is 1. The van der Waals surface area contributed by atoms with E-state index in [-0.39, 0.29) is 0 Å². The fraction of sp³-hybridized carbons (Fsp3) is 0.235. The van der Waals surface area contributed by atoms with E-state index in [0.29, 0.717) is 35.9 Å². The molecule has 0 unspecified atom stereocenters. The third kappa shape index (κ3) is 6.53. The monoisotopic (exact) mass is 510 g/mol. The summed E-state index contributed by atoms with van der Waals surface area (Å²) >= 11 is 14.4. The zero-order valence-electron chi connectivity index (χ0n) is 13.3. The van der Waals surface area contributed by atoms with E-state index in [1.165, 1.54) is 0 Å². The van der Waals surface area contributed by atoms with Crippen LogP contribution in [-0.2, 0) is 22.9 Å². The van der Waals surface area contributed by atoms with Crippen LogP contribution in [-0.4, -0.2) is 19.9 Å². The highest BCUT2D eigenvalue weighted by Crippen LogP contribution is 2.28. The minimum Gasteiger partial charge on any atom is -0.258 e. The Hall–Kier alpha value is -0.670. The summed E-state index contributed by atoms with van der Waals surface area (Å²) in [7, 11) is -3.37. The van der Waals surface area contributed by atoms with Gasteiger partial charge >= 0.3 is 0 Å². The lowest BCUT2D eigenvalue weighted by Gasteiger charge is -2.08. The van der Waals surface area contributed by atoms with Gasteiger partial charge in [0.15, 0.2) is 0 Å². The van der Waals surface area contributed by atoms with E-state index in [1.807, 2.05) is 30.3 Å². The average Bonchev–Trinajstić information content (AvgIpc) is 2.57. The molecule has 2 rings (SSSR count). The van der Waals surface area contributed by atoms with Gasteiger partial charge in [-0.15, -0.1) is 0 Å². The predicted molar refractivity (Wildman–Crippen MR) is 112 cm³/mol. The second-order valence-corrected chi connectivity index (χ2v) is 9.05. The van der Waals surface area contributed by atoms with Gasteiger partial charge in [0.25, 0.3) is 0 Å². The first kappa shape index (κ1) is 20.6. The summed E-state index contributed by atoms with van der Waals surface area (Å²) in [4.78, 5) is 4.64. The van der Waals surface area contributed by atoms with Crippen LogP contribution >= 0.6 is 45.8 Å². The summed E-state index contributed by atoms with van der Waals surface area (Å²) in [6, 6.07) is 9.56. The molecule has 0 saturated carbocycles. The van der Waals surface area contributed by atoms with Crippen LogP contribution in [0.5, 0.6) is 0 Å². The van der Waals surface area contributed by atoms with Gasteiger partial charge in [0.2, 0.25) is 10.0 Å². The fourth-order valence-electron chi connectivity index (χ4n) is 2.20. The number of nitrogens with one attached hydrogen (secondary N) is 1. The average molecular weight is 511 g/mol. The normalized spacial score (nSPS) is 11.5. The van der Waals surface area contributed by atoms with Gasteiger partial charge in [0.05, 0.1) is 10.0 Å². The minimum atomic E-state index is -3.37. The standard InChI is InChI=1S/C17H17Cl2IN2O2S/c1-2-25(23,24)21-8-4-7-13-5-3-6-14(22-13)9-12-10-15(18)16(19)11-17(12)20/h2-3,5-6,10-11,21H,1,4,7-9H2. The molecule has 0 atom stereocenters. The number of hydrogen-bond acceptors (Lipinski definition) is 3. The summed E-state index contributed by atoms with van der Waals surface area (Å²) in [6.45, 7) is 3.61. The molecule has 25 heavy (non-hydrogen) atoms. The molecule has 0 aliphatic carbocycles. The zero-order valence-corrected chi connectivity index (χ0v) is 17.8. The van der Waals surface area contributed by atoms with Gasteiger partial charge in [-0.05, 0) is 65.3 Å². The van der Waals surface area contributed by atoms with Gasteiger partial charge < -0.3 is 0 Å². The molecular weight excluding hydrogens is 494 g/mol. The van der Waals surface area contributed by atoms with E-state index in [0.717, 1.165) is 25.9 Å². The molecule has 0 saturated heterocycles. The number of hydrogen-bond donors (Lipinski definition) is 1. The topological polar surface area (TPSA) is 59.1 Å². The minimum absolute atomic E-state index is 0.352. The highest BCUT2D eigenvalue weighted by molar-refractivity contribution is 14.1. The van der Waals surface area contributed by atoms with Crippen LogP contribution in [0.15, 0.2) is 42.3 Å². The Balaban J connectivity index is 1.99. The first-order valence-corrected chi connectivity index (χ1v) is 10.9. The Morgan fingerprint density at radius 1 is 1.20 bits per heavy atom. The number of nitrogens with zero attached hydrogens (tertiary/aromatic N) is 1. The number of halogens is 3. The van der Waals surface area contributed by atoms with Crippen molar-refractivity contribution in [2.45, 2.75) is 19.3 Å². The molecule has 1 N–H and O–H groups in total. The molecule has 0 aliphatic rings. The summed E-state index contributed by atoms with van der Waals surface area (Å²) < 4.78 is 26.1. The number of rotatable bonds is 8. The van der Waals surface area contributed by atoms with E-state index in [2.05, 4.69) is 38.9 Å². The second kappa shape index (κ2) is 9.32. The SMILES string of the molecule is C=CS(=O)(=O)NCCCc1cccc(Cc2cc(Cl)c(Cl)cc2I)n1. The Morgan fingerprint density at radius 2 is 1.88 bits per heavy atom. The molecule has 0 radical (unpaired) electrons. The van der Waals surface area contributed by atoms with Crippen molar-refractivity contribution in [1.29, 1.82) is 0 Å². The van der Waals surface area contributed by atoms with Crippen molar-refractivity contribution in [3.05, 3.63) is 72.9 Å².